The number of piperidine rings is 1. The molecule has 6 nitrogen and oxygen atoms in total. The number of hydrogen-bond donors (Lipinski definition) is 0. The Balaban J connectivity index is 1.54. The van der Waals surface area contributed by atoms with Crippen LogP contribution in [0.15, 0.2) is 35.5 Å². The molecule has 0 aliphatic carbocycles. The van der Waals surface area contributed by atoms with Crippen molar-refractivity contribution in [2.24, 2.45) is 0 Å². The lowest BCUT2D eigenvalue weighted by Gasteiger charge is -2.32. The van der Waals surface area contributed by atoms with Crippen LogP contribution >= 0.6 is 11.8 Å². The first kappa shape index (κ1) is 17.7. The molecule has 1 amide bonds. The molecule has 132 valence electrons. The molecule has 25 heavy (non-hydrogen) atoms. The molecule has 1 aliphatic rings. The fraction of sp³-hybridized carbons (Fsp3) is 0.444. The van der Waals surface area contributed by atoms with Gasteiger partial charge in [0.15, 0.2) is 0 Å². The van der Waals surface area contributed by atoms with Gasteiger partial charge in [0.05, 0.1) is 12.3 Å². The predicted molar refractivity (Wildman–Crippen MR) is 96.7 cm³/mol. The fourth-order valence-electron chi connectivity index (χ4n) is 2.85. The van der Waals surface area contributed by atoms with Crippen molar-refractivity contribution in [2.75, 3.05) is 18.8 Å². The van der Waals surface area contributed by atoms with Gasteiger partial charge in [-0.25, -0.2) is 4.98 Å². The van der Waals surface area contributed by atoms with Crippen LogP contribution in [-0.2, 0) is 4.79 Å². The number of aromatic nitrogens is 3. The lowest BCUT2D eigenvalue weighted by atomic mass is 10.1. The van der Waals surface area contributed by atoms with Crippen LogP contribution in [0.25, 0.3) is 0 Å². The minimum absolute atomic E-state index is 0.0164. The number of thioether (sulfide) groups is 1. The third-order valence-corrected chi connectivity index (χ3v) is 4.97. The summed E-state index contributed by atoms with van der Waals surface area (Å²) in [7, 11) is 0. The average Bonchev–Trinajstić information content (AvgIpc) is 2.60. The molecule has 1 atom stereocenters. The summed E-state index contributed by atoms with van der Waals surface area (Å²) >= 11 is 1.54. The molecule has 2 aromatic rings. The molecule has 0 N–H and O–H groups in total. The van der Waals surface area contributed by atoms with E-state index >= 15 is 0 Å². The SMILES string of the molecule is Cc1cc(OC2CCCN(C(=O)CSc3ccncc3)C2)nc(C)n1. The molecule has 0 radical (unpaired) electrons. The summed E-state index contributed by atoms with van der Waals surface area (Å²) in [6.07, 6.45) is 5.34. The molecule has 1 saturated heterocycles. The van der Waals surface area contributed by atoms with E-state index in [2.05, 4.69) is 15.0 Å². The van der Waals surface area contributed by atoms with Crippen LogP contribution in [0.5, 0.6) is 5.88 Å². The first-order chi connectivity index (χ1) is 12.1. The van der Waals surface area contributed by atoms with Crippen molar-refractivity contribution in [2.45, 2.75) is 37.7 Å². The molecule has 0 bridgehead atoms. The van der Waals surface area contributed by atoms with Crippen LogP contribution in [0, 0.1) is 13.8 Å². The van der Waals surface area contributed by atoms with Crippen molar-refractivity contribution in [1.82, 2.24) is 19.9 Å². The molecule has 0 saturated carbocycles. The third-order valence-electron chi connectivity index (χ3n) is 3.97. The van der Waals surface area contributed by atoms with Crippen LogP contribution in [0.3, 0.4) is 0 Å². The van der Waals surface area contributed by atoms with Crippen LogP contribution in [0.2, 0.25) is 0 Å². The number of hydrogen-bond acceptors (Lipinski definition) is 6. The zero-order chi connectivity index (χ0) is 17.6. The third kappa shape index (κ3) is 5.16. The summed E-state index contributed by atoms with van der Waals surface area (Å²) < 4.78 is 6.00. The number of likely N-dealkylation sites (tertiary alicyclic amines) is 1. The van der Waals surface area contributed by atoms with E-state index in [4.69, 9.17) is 4.74 Å². The number of aryl methyl sites for hydroxylation is 2. The average molecular weight is 358 g/mol. The highest BCUT2D eigenvalue weighted by Crippen LogP contribution is 2.20. The Labute approximate surface area is 152 Å². The van der Waals surface area contributed by atoms with E-state index in [1.807, 2.05) is 36.9 Å². The fourth-order valence-corrected chi connectivity index (χ4v) is 3.63. The smallest absolute Gasteiger partial charge is 0.233 e. The van der Waals surface area contributed by atoms with Crippen LogP contribution in [0.1, 0.15) is 24.4 Å². The molecule has 0 spiro atoms. The molecule has 1 fully saturated rings. The van der Waals surface area contributed by atoms with Crippen molar-refractivity contribution in [3.05, 3.63) is 42.1 Å². The Kier molecular flexibility index (Phi) is 5.86. The first-order valence-corrected chi connectivity index (χ1v) is 9.38. The summed E-state index contributed by atoms with van der Waals surface area (Å²) in [5, 5.41) is 0. The van der Waals surface area contributed by atoms with E-state index in [-0.39, 0.29) is 12.0 Å². The van der Waals surface area contributed by atoms with Crippen molar-refractivity contribution in [3.63, 3.8) is 0 Å². The molecule has 2 aromatic heterocycles. The van der Waals surface area contributed by atoms with Crippen LogP contribution < -0.4 is 4.74 Å². The lowest BCUT2D eigenvalue weighted by molar-refractivity contribution is -0.130. The summed E-state index contributed by atoms with van der Waals surface area (Å²) in [5.41, 5.74) is 0.889. The molecule has 7 heteroatoms. The number of carbonyl (C=O) groups is 1. The van der Waals surface area contributed by atoms with E-state index in [0.29, 0.717) is 24.0 Å². The van der Waals surface area contributed by atoms with Gasteiger partial charge in [0.2, 0.25) is 11.8 Å². The topological polar surface area (TPSA) is 68.2 Å². The standard InChI is InChI=1S/C18H22N4O2S/c1-13-10-17(21-14(2)20-13)24-15-4-3-9-22(11-15)18(23)12-25-16-5-7-19-8-6-16/h5-8,10,15H,3-4,9,11-12H2,1-2H3. The molecule has 1 unspecified atom stereocenters. The summed E-state index contributed by atoms with van der Waals surface area (Å²) in [4.78, 5) is 28.0. The van der Waals surface area contributed by atoms with Gasteiger partial charge in [-0.1, -0.05) is 0 Å². The van der Waals surface area contributed by atoms with Gasteiger partial charge in [0.25, 0.3) is 0 Å². The highest BCUT2D eigenvalue weighted by Gasteiger charge is 2.25. The van der Waals surface area contributed by atoms with Gasteiger partial charge in [-0.2, -0.15) is 4.98 Å². The zero-order valence-corrected chi connectivity index (χ0v) is 15.3. The van der Waals surface area contributed by atoms with Crippen LogP contribution in [-0.4, -0.2) is 50.7 Å². The van der Waals surface area contributed by atoms with Gasteiger partial charge in [0.1, 0.15) is 11.9 Å². The van der Waals surface area contributed by atoms with Gasteiger partial charge in [0, 0.05) is 35.6 Å². The number of pyridine rings is 1. The normalized spacial score (nSPS) is 17.4. The van der Waals surface area contributed by atoms with E-state index < -0.39 is 0 Å². The summed E-state index contributed by atoms with van der Waals surface area (Å²) in [5.74, 6) is 1.87. The van der Waals surface area contributed by atoms with Crippen molar-refractivity contribution >= 4 is 17.7 Å². The Morgan fingerprint density at radius 2 is 2.12 bits per heavy atom. The number of ether oxygens (including phenoxy) is 1. The van der Waals surface area contributed by atoms with Gasteiger partial charge < -0.3 is 9.64 Å². The Morgan fingerprint density at radius 3 is 2.88 bits per heavy atom. The highest BCUT2D eigenvalue weighted by atomic mass is 32.2. The second-order valence-corrected chi connectivity index (χ2v) is 7.14. The molecule has 0 aromatic carbocycles. The quantitative estimate of drug-likeness (QED) is 0.766. The van der Waals surface area contributed by atoms with E-state index in [0.717, 1.165) is 30.0 Å². The van der Waals surface area contributed by atoms with E-state index in [9.17, 15) is 4.79 Å². The lowest BCUT2D eigenvalue weighted by Crippen LogP contribution is -2.45. The monoisotopic (exact) mass is 358 g/mol. The Hall–Kier alpha value is -2.15. The van der Waals surface area contributed by atoms with Crippen molar-refractivity contribution < 1.29 is 9.53 Å². The molecule has 3 rings (SSSR count). The maximum Gasteiger partial charge on any atom is 0.233 e. The Morgan fingerprint density at radius 1 is 1.32 bits per heavy atom. The summed E-state index contributed by atoms with van der Waals surface area (Å²) in [6, 6.07) is 5.67. The van der Waals surface area contributed by atoms with Gasteiger partial charge in [-0.15, -0.1) is 11.8 Å². The van der Waals surface area contributed by atoms with Crippen LogP contribution in [0.4, 0.5) is 0 Å². The van der Waals surface area contributed by atoms with E-state index in [1.165, 1.54) is 11.8 Å². The second kappa shape index (κ2) is 8.29. The van der Waals surface area contributed by atoms with Crippen molar-refractivity contribution in [3.8, 4) is 5.88 Å². The minimum Gasteiger partial charge on any atom is -0.472 e. The molecule has 3 heterocycles. The number of carbonyl (C=O) groups excluding carboxylic acids is 1. The number of nitrogens with zero attached hydrogens (tertiary/aromatic N) is 4. The maximum atomic E-state index is 12.5. The molecular formula is C18H22N4O2S. The summed E-state index contributed by atoms with van der Waals surface area (Å²) in [6.45, 7) is 5.18. The zero-order valence-electron chi connectivity index (χ0n) is 14.5. The maximum absolute atomic E-state index is 12.5. The van der Waals surface area contributed by atoms with Gasteiger partial charge >= 0.3 is 0 Å². The number of amides is 1. The molecule has 1 aliphatic heterocycles. The first-order valence-electron chi connectivity index (χ1n) is 8.40. The van der Waals surface area contributed by atoms with E-state index in [1.54, 1.807) is 12.4 Å². The molecular weight excluding hydrogens is 336 g/mol. The highest BCUT2D eigenvalue weighted by molar-refractivity contribution is 8.00. The second-order valence-electron chi connectivity index (χ2n) is 6.09. The van der Waals surface area contributed by atoms with Gasteiger partial charge in [-0.05, 0) is 38.8 Å². The van der Waals surface area contributed by atoms with Crippen molar-refractivity contribution in [1.29, 1.82) is 0 Å². The minimum atomic E-state index is -0.0164. The predicted octanol–water partition coefficient (Wildman–Crippen LogP) is 2.65. The van der Waals surface area contributed by atoms with Gasteiger partial charge in [-0.3, -0.25) is 9.78 Å². The number of rotatable bonds is 5. The largest absolute Gasteiger partial charge is 0.472 e. The Bertz CT molecular complexity index is 706.